The summed E-state index contributed by atoms with van der Waals surface area (Å²) in [6.07, 6.45) is 2.09. The topological polar surface area (TPSA) is 55.4 Å². The third-order valence-electron chi connectivity index (χ3n) is 4.96. The second kappa shape index (κ2) is 10.2. The fraction of sp³-hybridized carbons (Fsp3) is 0.364. The minimum absolute atomic E-state index is 0. The number of nitrogens with one attached hydrogen (secondary N) is 1. The molecule has 1 heterocycles. The number of ether oxygens (including phenoxy) is 1. The van der Waals surface area contributed by atoms with Crippen molar-refractivity contribution in [3.05, 3.63) is 71.3 Å². The summed E-state index contributed by atoms with van der Waals surface area (Å²) in [5, 5.41) is 3.31. The molecule has 1 aliphatic rings. The van der Waals surface area contributed by atoms with E-state index in [9.17, 15) is 9.59 Å². The lowest BCUT2D eigenvalue weighted by molar-refractivity contribution is -0.146. The van der Waals surface area contributed by atoms with E-state index in [1.54, 1.807) is 24.3 Å². The summed E-state index contributed by atoms with van der Waals surface area (Å²) < 4.78 is 5.53. The number of hydrogen-bond acceptors (Lipinski definition) is 4. The van der Waals surface area contributed by atoms with Crippen LogP contribution in [0.25, 0.3) is 0 Å². The van der Waals surface area contributed by atoms with Gasteiger partial charge in [-0.1, -0.05) is 48.5 Å². The maximum Gasteiger partial charge on any atom is 0.313 e. The lowest BCUT2D eigenvalue weighted by Gasteiger charge is -2.23. The van der Waals surface area contributed by atoms with E-state index in [4.69, 9.17) is 4.74 Å². The van der Waals surface area contributed by atoms with Crippen LogP contribution in [-0.4, -0.2) is 31.4 Å². The molecule has 0 spiro atoms. The Labute approximate surface area is 166 Å². The zero-order valence-electron chi connectivity index (χ0n) is 15.5. The van der Waals surface area contributed by atoms with Crippen molar-refractivity contribution >= 4 is 24.2 Å². The lowest BCUT2D eigenvalue weighted by Crippen LogP contribution is -2.31. The zero-order chi connectivity index (χ0) is 18.4. The second-order valence-corrected chi connectivity index (χ2v) is 6.87. The Balaban J connectivity index is 0.00000261. The predicted molar refractivity (Wildman–Crippen MR) is 109 cm³/mol. The van der Waals surface area contributed by atoms with E-state index in [0.29, 0.717) is 23.7 Å². The first kappa shape index (κ1) is 21.1. The Bertz CT molecular complexity index is 757. The molecule has 1 saturated heterocycles. The van der Waals surface area contributed by atoms with Gasteiger partial charge in [0.2, 0.25) is 0 Å². The summed E-state index contributed by atoms with van der Waals surface area (Å²) in [6, 6.07) is 16.4. The number of rotatable bonds is 6. The van der Waals surface area contributed by atoms with Crippen LogP contribution in [0.2, 0.25) is 0 Å². The molecular formula is C22H26ClNO3. The minimum atomic E-state index is -0.389. The van der Waals surface area contributed by atoms with Gasteiger partial charge in [-0.2, -0.15) is 0 Å². The van der Waals surface area contributed by atoms with Crippen molar-refractivity contribution in [2.75, 3.05) is 19.7 Å². The molecular weight excluding hydrogens is 362 g/mol. The molecule has 27 heavy (non-hydrogen) atoms. The molecule has 2 aromatic carbocycles. The van der Waals surface area contributed by atoms with Crippen molar-refractivity contribution < 1.29 is 14.3 Å². The van der Waals surface area contributed by atoms with Crippen molar-refractivity contribution in [3.63, 3.8) is 0 Å². The third-order valence-corrected chi connectivity index (χ3v) is 4.96. The van der Waals surface area contributed by atoms with Gasteiger partial charge in [0.05, 0.1) is 12.5 Å². The second-order valence-electron chi connectivity index (χ2n) is 6.87. The average molecular weight is 388 g/mol. The summed E-state index contributed by atoms with van der Waals surface area (Å²) in [7, 11) is 0. The van der Waals surface area contributed by atoms with Gasteiger partial charge in [-0.3, -0.25) is 9.59 Å². The number of piperidine rings is 1. The Morgan fingerprint density at radius 2 is 1.70 bits per heavy atom. The monoisotopic (exact) mass is 387 g/mol. The number of carbonyl (C=O) groups is 2. The Kier molecular flexibility index (Phi) is 8.01. The fourth-order valence-corrected chi connectivity index (χ4v) is 3.21. The number of esters is 1. The number of carbonyl (C=O) groups excluding carboxylic acids is 2. The SMILES string of the molecule is CC(C(=O)OCC1CCNCC1)c1cccc(C(=O)c2ccccc2)c1.Cl. The van der Waals surface area contributed by atoms with Crippen LogP contribution in [0.1, 0.15) is 47.2 Å². The molecule has 0 bridgehead atoms. The molecule has 5 heteroatoms. The molecule has 0 radical (unpaired) electrons. The van der Waals surface area contributed by atoms with Crippen molar-refractivity contribution in [1.82, 2.24) is 5.32 Å². The number of ketones is 1. The summed E-state index contributed by atoms with van der Waals surface area (Å²) in [4.78, 5) is 25.0. The molecule has 1 aliphatic heterocycles. The molecule has 2 aromatic rings. The van der Waals surface area contributed by atoms with Crippen molar-refractivity contribution in [3.8, 4) is 0 Å². The summed E-state index contributed by atoms with van der Waals surface area (Å²) >= 11 is 0. The maximum absolute atomic E-state index is 12.6. The largest absolute Gasteiger partial charge is 0.465 e. The first-order valence-corrected chi connectivity index (χ1v) is 9.22. The maximum atomic E-state index is 12.6. The summed E-state index contributed by atoms with van der Waals surface area (Å²) in [5.41, 5.74) is 2.04. The summed E-state index contributed by atoms with van der Waals surface area (Å²) in [6.45, 7) is 4.28. The highest BCUT2D eigenvalue weighted by Gasteiger charge is 2.21. The molecule has 0 saturated carbocycles. The van der Waals surface area contributed by atoms with Crippen molar-refractivity contribution in [1.29, 1.82) is 0 Å². The van der Waals surface area contributed by atoms with Crippen LogP contribution in [0.15, 0.2) is 54.6 Å². The van der Waals surface area contributed by atoms with Gasteiger partial charge in [0, 0.05) is 11.1 Å². The van der Waals surface area contributed by atoms with Crippen LogP contribution in [0.5, 0.6) is 0 Å². The number of benzene rings is 2. The third kappa shape index (κ3) is 5.65. The van der Waals surface area contributed by atoms with Gasteiger partial charge in [0.1, 0.15) is 0 Å². The molecule has 1 fully saturated rings. The molecule has 0 aromatic heterocycles. The molecule has 144 valence electrons. The van der Waals surface area contributed by atoms with Crippen LogP contribution in [-0.2, 0) is 9.53 Å². The van der Waals surface area contributed by atoms with Crippen LogP contribution < -0.4 is 5.32 Å². The quantitative estimate of drug-likeness (QED) is 0.601. The van der Waals surface area contributed by atoms with E-state index in [1.165, 1.54) is 0 Å². The van der Waals surface area contributed by atoms with Crippen LogP contribution >= 0.6 is 12.4 Å². The minimum Gasteiger partial charge on any atom is -0.465 e. The molecule has 1 unspecified atom stereocenters. The highest BCUT2D eigenvalue weighted by Crippen LogP contribution is 2.21. The standard InChI is InChI=1S/C22H25NO3.ClH/c1-16(22(25)26-15-17-10-12-23-13-11-17)19-8-5-9-20(14-19)21(24)18-6-3-2-4-7-18;/h2-9,14,16-17,23H,10-13,15H2,1H3;1H. The van der Waals surface area contributed by atoms with Crippen LogP contribution in [0.3, 0.4) is 0 Å². The average Bonchev–Trinajstić information content (AvgIpc) is 2.72. The highest BCUT2D eigenvalue weighted by molar-refractivity contribution is 6.09. The molecule has 4 nitrogen and oxygen atoms in total. The van der Waals surface area contributed by atoms with Gasteiger partial charge in [0.25, 0.3) is 0 Å². The van der Waals surface area contributed by atoms with Crippen molar-refractivity contribution in [2.24, 2.45) is 5.92 Å². The van der Waals surface area contributed by atoms with Gasteiger partial charge >= 0.3 is 5.97 Å². The molecule has 3 rings (SSSR count). The Hall–Kier alpha value is -2.17. The van der Waals surface area contributed by atoms with E-state index in [0.717, 1.165) is 31.5 Å². The van der Waals surface area contributed by atoms with Gasteiger partial charge in [0.15, 0.2) is 5.78 Å². The van der Waals surface area contributed by atoms with Crippen molar-refractivity contribution in [2.45, 2.75) is 25.7 Å². The van der Waals surface area contributed by atoms with E-state index < -0.39 is 0 Å². The zero-order valence-corrected chi connectivity index (χ0v) is 16.3. The molecule has 0 amide bonds. The van der Waals surface area contributed by atoms with E-state index in [2.05, 4.69) is 5.32 Å². The number of hydrogen-bond donors (Lipinski definition) is 1. The van der Waals surface area contributed by atoms with Gasteiger partial charge in [-0.15, -0.1) is 12.4 Å². The first-order chi connectivity index (χ1) is 12.6. The number of halogens is 1. The van der Waals surface area contributed by atoms with Gasteiger partial charge in [-0.05, 0) is 50.4 Å². The molecule has 1 N–H and O–H groups in total. The molecule has 0 aliphatic carbocycles. The van der Waals surface area contributed by atoms with Gasteiger partial charge < -0.3 is 10.1 Å². The predicted octanol–water partition coefficient (Wildman–Crippen LogP) is 3.99. The molecule has 1 atom stereocenters. The Morgan fingerprint density at radius 3 is 2.41 bits per heavy atom. The van der Waals surface area contributed by atoms with E-state index >= 15 is 0 Å². The normalized spacial score (nSPS) is 15.4. The fourth-order valence-electron chi connectivity index (χ4n) is 3.21. The van der Waals surface area contributed by atoms with E-state index in [1.807, 2.05) is 37.3 Å². The summed E-state index contributed by atoms with van der Waals surface area (Å²) in [5.74, 6) is -0.214. The lowest BCUT2D eigenvalue weighted by atomic mass is 9.95. The Morgan fingerprint density at radius 1 is 1.04 bits per heavy atom. The highest BCUT2D eigenvalue weighted by atomic mass is 35.5. The smallest absolute Gasteiger partial charge is 0.313 e. The first-order valence-electron chi connectivity index (χ1n) is 9.22. The van der Waals surface area contributed by atoms with Gasteiger partial charge in [-0.25, -0.2) is 0 Å². The van der Waals surface area contributed by atoms with Crippen LogP contribution in [0, 0.1) is 5.92 Å². The van der Waals surface area contributed by atoms with E-state index in [-0.39, 0.29) is 30.1 Å². The van der Waals surface area contributed by atoms with Crippen LogP contribution in [0.4, 0.5) is 0 Å².